The average Bonchev–Trinajstić information content (AvgIpc) is 3.98. The molecule has 0 saturated heterocycles. The van der Waals surface area contributed by atoms with Crippen LogP contribution in [0.3, 0.4) is 0 Å². The maximum Gasteiger partial charge on any atom is 0.0725 e. The van der Waals surface area contributed by atoms with Gasteiger partial charge in [0.15, 0.2) is 0 Å². The molecule has 0 aliphatic heterocycles. The molecule has 0 fully saturated rings. The summed E-state index contributed by atoms with van der Waals surface area (Å²) < 4.78 is 0. The van der Waals surface area contributed by atoms with Gasteiger partial charge < -0.3 is 4.90 Å². The number of hydrogen-bond acceptors (Lipinski definition) is 1. The summed E-state index contributed by atoms with van der Waals surface area (Å²) in [6.45, 7) is 19.1. The van der Waals surface area contributed by atoms with Crippen LogP contribution in [-0.4, -0.2) is 0 Å². The Kier molecular flexibility index (Phi) is 10.8. The standard InChI is InChI=1S/C74H65N/c1-71(2,3)47-70(72(4,5)6)54-22-18-21-51(43-54)53-34-41-63-60-25-14-17-28-66(60)74(69(63)45-53)65-27-16-13-24-59(65)62-40-33-52(44-68(62)74)50-31-37-56(38-32-50)75(55-35-29-49(30-36-55)48-19-10-9-11-20-48)57-39-42-61-58-23-12-15-26-64(58)73(7,8)67(61)46-57/h9-46,70H,47H2,1-8H3. The van der Waals surface area contributed by atoms with Crippen molar-refractivity contribution in [3.05, 3.63) is 269 Å². The van der Waals surface area contributed by atoms with Crippen LogP contribution < -0.4 is 4.90 Å². The predicted molar refractivity (Wildman–Crippen MR) is 318 cm³/mol. The van der Waals surface area contributed by atoms with Crippen LogP contribution in [0.2, 0.25) is 0 Å². The molecule has 0 bridgehead atoms. The van der Waals surface area contributed by atoms with Crippen LogP contribution >= 0.6 is 0 Å². The normalized spacial score (nSPS) is 15.9. The number of nitrogens with zero attached hydrogens (tertiary/aromatic N) is 1. The topological polar surface area (TPSA) is 3.24 Å². The number of fused-ring (bicyclic) bond motifs is 13. The molecule has 10 aromatic rings. The molecule has 1 heteroatoms. The van der Waals surface area contributed by atoms with Crippen LogP contribution in [0.25, 0.3) is 66.8 Å². The molecule has 0 saturated carbocycles. The average molecular weight is 968 g/mol. The molecular weight excluding hydrogens is 903 g/mol. The molecule has 1 nitrogen and oxygen atoms in total. The maximum absolute atomic E-state index is 2.54. The lowest BCUT2D eigenvalue weighted by molar-refractivity contribution is 0.229. The summed E-state index contributed by atoms with van der Waals surface area (Å²) in [5, 5.41) is 0. The minimum atomic E-state index is -0.481. The summed E-state index contributed by atoms with van der Waals surface area (Å²) in [6.07, 6.45) is 1.13. The van der Waals surface area contributed by atoms with Gasteiger partial charge in [0.2, 0.25) is 0 Å². The van der Waals surface area contributed by atoms with Gasteiger partial charge in [0.25, 0.3) is 0 Å². The van der Waals surface area contributed by atoms with E-state index in [0.717, 1.165) is 23.5 Å². The zero-order chi connectivity index (χ0) is 51.4. The van der Waals surface area contributed by atoms with Gasteiger partial charge in [-0.05, 0) is 177 Å². The molecule has 2 atom stereocenters. The van der Waals surface area contributed by atoms with Gasteiger partial charge in [0, 0.05) is 22.5 Å². The number of benzene rings is 10. The van der Waals surface area contributed by atoms with Crippen molar-refractivity contribution < 1.29 is 0 Å². The fourth-order valence-corrected chi connectivity index (χ4v) is 13.5. The quantitative estimate of drug-likeness (QED) is 0.147. The van der Waals surface area contributed by atoms with E-state index in [-0.39, 0.29) is 16.2 Å². The highest BCUT2D eigenvalue weighted by molar-refractivity contribution is 5.97. The van der Waals surface area contributed by atoms with E-state index < -0.39 is 5.41 Å². The van der Waals surface area contributed by atoms with Crippen LogP contribution in [0, 0.1) is 10.8 Å². The fourth-order valence-electron chi connectivity index (χ4n) is 13.5. The first-order chi connectivity index (χ1) is 36.2. The molecule has 3 aliphatic rings. The Balaban J connectivity index is 0.924. The van der Waals surface area contributed by atoms with E-state index in [4.69, 9.17) is 0 Å². The smallest absolute Gasteiger partial charge is 0.0725 e. The van der Waals surface area contributed by atoms with E-state index in [1.165, 1.54) is 106 Å². The molecule has 75 heavy (non-hydrogen) atoms. The SMILES string of the molecule is CC(C)(C)CC(c1cccc(-c2ccc3c(c2)C2(c4ccccc4-c4ccc(-c5ccc(N(c6ccc(-c7ccccc7)cc6)c6ccc7c(c6)C(C)(C)c6ccccc6-7)cc5)cc42)c2ccccc2-3)c1)C(C)(C)C. The van der Waals surface area contributed by atoms with Crippen molar-refractivity contribution in [1.82, 2.24) is 0 Å². The molecule has 1 spiro atoms. The second kappa shape index (κ2) is 17.3. The molecule has 0 N–H and O–H groups in total. The Morgan fingerprint density at radius 2 is 0.733 bits per heavy atom. The Hall–Kier alpha value is -8.00. The van der Waals surface area contributed by atoms with Gasteiger partial charge in [-0.15, -0.1) is 0 Å². The van der Waals surface area contributed by atoms with Crippen LogP contribution in [0.1, 0.15) is 107 Å². The lowest BCUT2D eigenvalue weighted by Gasteiger charge is -2.36. The van der Waals surface area contributed by atoms with Crippen molar-refractivity contribution in [1.29, 1.82) is 0 Å². The van der Waals surface area contributed by atoms with E-state index in [0.29, 0.717) is 5.92 Å². The third kappa shape index (κ3) is 7.57. The molecule has 0 amide bonds. The van der Waals surface area contributed by atoms with E-state index in [9.17, 15) is 0 Å². The third-order valence-corrected chi connectivity index (χ3v) is 17.1. The van der Waals surface area contributed by atoms with Crippen molar-refractivity contribution in [2.24, 2.45) is 10.8 Å². The monoisotopic (exact) mass is 968 g/mol. The van der Waals surface area contributed by atoms with E-state index in [1.807, 2.05) is 0 Å². The van der Waals surface area contributed by atoms with Crippen molar-refractivity contribution in [2.45, 2.75) is 78.6 Å². The van der Waals surface area contributed by atoms with Crippen molar-refractivity contribution in [3.8, 4) is 66.8 Å². The molecule has 366 valence electrons. The molecule has 10 aromatic carbocycles. The molecule has 0 heterocycles. The molecular formula is C74H65N. The van der Waals surface area contributed by atoms with E-state index in [1.54, 1.807) is 0 Å². The predicted octanol–water partition coefficient (Wildman–Crippen LogP) is 20.4. The van der Waals surface area contributed by atoms with Gasteiger partial charge in [-0.3, -0.25) is 0 Å². The Labute approximate surface area is 445 Å². The van der Waals surface area contributed by atoms with Crippen molar-refractivity contribution >= 4 is 17.1 Å². The van der Waals surface area contributed by atoms with Gasteiger partial charge >= 0.3 is 0 Å². The van der Waals surface area contributed by atoms with Crippen molar-refractivity contribution in [2.75, 3.05) is 4.90 Å². The van der Waals surface area contributed by atoms with Gasteiger partial charge in [-0.2, -0.15) is 0 Å². The summed E-state index contributed by atoms with van der Waals surface area (Å²) >= 11 is 0. The van der Waals surface area contributed by atoms with E-state index >= 15 is 0 Å². The molecule has 0 aromatic heterocycles. The van der Waals surface area contributed by atoms with Gasteiger partial charge in [0.1, 0.15) is 0 Å². The van der Waals surface area contributed by atoms with Crippen molar-refractivity contribution in [3.63, 3.8) is 0 Å². The van der Waals surface area contributed by atoms with Crippen LogP contribution in [0.5, 0.6) is 0 Å². The van der Waals surface area contributed by atoms with E-state index in [2.05, 4.69) is 291 Å². The number of hydrogen-bond donors (Lipinski definition) is 0. The highest BCUT2D eigenvalue weighted by Crippen LogP contribution is 2.64. The Bertz CT molecular complexity index is 3830. The first kappa shape index (κ1) is 46.8. The second-order valence-corrected chi connectivity index (χ2v) is 24.4. The summed E-state index contributed by atoms with van der Waals surface area (Å²) in [5.74, 6) is 0.433. The van der Waals surface area contributed by atoms with Gasteiger partial charge in [-0.25, -0.2) is 0 Å². The van der Waals surface area contributed by atoms with Crippen LogP contribution in [0.4, 0.5) is 17.1 Å². The molecule has 13 rings (SSSR count). The highest BCUT2D eigenvalue weighted by atomic mass is 15.1. The lowest BCUT2D eigenvalue weighted by Crippen LogP contribution is -2.26. The number of anilines is 3. The Morgan fingerprint density at radius 1 is 0.333 bits per heavy atom. The van der Waals surface area contributed by atoms with Gasteiger partial charge in [-0.1, -0.05) is 237 Å². The maximum atomic E-state index is 2.54. The van der Waals surface area contributed by atoms with Gasteiger partial charge in [0.05, 0.1) is 5.41 Å². The molecule has 3 aliphatic carbocycles. The lowest BCUT2D eigenvalue weighted by atomic mass is 9.68. The zero-order valence-corrected chi connectivity index (χ0v) is 44.7. The minimum absolute atomic E-state index is 0.117. The summed E-state index contributed by atoms with van der Waals surface area (Å²) in [5.41, 5.74) is 28.0. The largest absolute Gasteiger partial charge is 0.310 e. The van der Waals surface area contributed by atoms with Crippen LogP contribution in [0.15, 0.2) is 231 Å². The molecule has 0 radical (unpaired) electrons. The van der Waals surface area contributed by atoms with Crippen LogP contribution in [-0.2, 0) is 10.8 Å². The fraction of sp³-hybridized carbons (Fsp3) is 0.189. The number of rotatable bonds is 8. The second-order valence-electron chi connectivity index (χ2n) is 24.4. The Morgan fingerprint density at radius 3 is 1.29 bits per heavy atom. The minimum Gasteiger partial charge on any atom is -0.310 e. The summed E-state index contributed by atoms with van der Waals surface area (Å²) in [4.78, 5) is 2.43. The first-order valence-corrected chi connectivity index (χ1v) is 27.1. The highest BCUT2D eigenvalue weighted by Gasteiger charge is 2.52. The third-order valence-electron chi connectivity index (χ3n) is 17.1. The summed E-state index contributed by atoms with van der Waals surface area (Å²) in [7, 11) is 0. The summed E-state index contributed by atoms with van der Waals surface area (Å²) in [6, 6.07) is 87.4. The first-order valence-electron chi connectivity index (χ1n) is 27.1. The molecule has 2 unspecified atom stereocenters. The zero-order valence-electron chi connectivity index (χ0n) is 44.7.